The van der Waals surface area contributed by atoms with Gasteiger partial charge in [0.2, 0.25) is 0 Å². The van der Waals surface area contributed by atoms with Crippen LogP contribution in [0.1, 0.15) is 32.3 Å². The number of hydrogen-bond acceptors (Lipinski definition) is 3. The number of nitrogens with one attached hydrogen (secondary N) is 1. The number of ether oxygens (including phenoxy) is 1. The number of nitrogens with zero attached hydrogens (tertiary/aromatic N) is 2. The fraction of sp³-hybridized carbons (Fsp3) is 0.480. The van der Waals surface area contributed by atoms with Gasteiger partial charge in [-0.15, -0.1) is 0 Å². The van der Waals surface area contributed by atoms with Gasteiger partial charge in [-0.1, -0.05) is 43.6 Å². The van der Waals surface area contributed by atoms with Gasteiger partial charge in [-0.3, -0.25) is 4.90 Å². The van der Waals surface area contributed by atoms with Crippen LogP contribution in [0.5, 0.6) is 5.75 Å². The molecule has 0 saturated carbocycles. The molecule has 2 amide bonds. The highest BCUT2D eigenvalue weighted by Gasteiger charge is 2.44. The van der Waals surface area contributed by atoms with Crippen LogP contribution in [0.25, 0.3) is 0 Å². The Morgan fingerprint density at radius 2 is 1.84 bits per heavy atom. The Morgan fingerprint density at radius 3 is 2.61 bits per heavy atom. The summed E-state index contributed by atoms with van der Waals surface area (Å²) in [5, 5.41) is 3.66. The minimum absolute atomic E-state index is 0.0231. The first kappa shape index (κ1) is 22.0. The number of anilines is 1. The van der Waals surface area contributed by atoms with Gasteiger partial charge in [0, 0.05) is 47.9 Å². The average molecular weight is 442 g/mol. The molecule has 166 valence electrons. The van der Waals surface area contributed by atoms with Crippen LogP contribution in [0, 0.1) is 11.3 Å². The van der Waals surface area contributed by atoms with Crippen molar-refractivity contribution in [1.29, 1.82) is 0 Å². The molecular weight excluding hydrogens is 410 g/mol. The maximum Gasteiger partial charge on any atom is 0.321 e. The summed E-state index contributed by atoms with van der Waals surface area (Å²) in [5.74, 6) is 1.50. The highest BCUT2D eigenvalue weighted by molar-refractivity contribution is 6.30. The maximum absolute atomic E-state index is 12.7. The lowest BCUT2D eigenvalue weighted by molar-refractivity contribution is 0.209. The summed E-state index contributed by atoms with van der Waals surface area (Å²) < 4.78 is 6.04. The predicted molar refractivity (Wildman–Crippen MR) is 126 cm³/mol. The van der Waals surface area contributed by atoms with Crippen LogP contribution in [0.15, 0.2) is 48.5 Å². The zero-order chi connectivity index (χ0) is 21.8. The molecule has 5 nitrogen and oxygen atoms in total. The number of likely N-dealkylation sites (tertiary alicyclic amines) is 2. The molecule has 0 radical (unpaired) electrons. The number of amides is 2. The molecule has 2 aromatic carbocycles. The van der Waals surface area contributed by atoms with Crippen LogP contribution < -0.4 is 10.1 Å². The van der Waals surface area contributed by atoms with Crippen LogP contribution in [-0.2, 0) is 6.54 Å². The third-order valence-electron chi connectivity index (χ3n) is 6.28. The molecule has 1 atom stereocenters. The van der Waals surface area contributed by atoms with Crippen molar-refractivity contribution in [2.75, 3.05) is 38.1 Å². The number of urea groups is 1. The topological polar surface area (TPSA) is 44.8 Å². The maximum atomic E-state index is 12.7. The number of benzene rings is 2. The first-order valence-corrected chi connectivity index (χ1v) is 11.5. The molecule has 6 heteroatoms. The van der Waals surface area contributed by atoms with Crippen molar-refractivity contribution in [2.45, 2.75) is 33.2 Å². The Hall–Kier alpha value is -2.24. The van der Waals surface area contributed by atoms with E-state index in [4.69, 9.17) is 16.3 Å². The number of carbonyl (C=O) groups excluding carboxylic acids is 1. The molecule has 31 heavy (non-hydrogen) atoms. The lowest BCUT2D eigenvalue weighted by atomic mass is 9.86. The fourth-order valence-corrected chi connectivity index (χ4v) is 4.74. The van der Waals surface area contributed by atoms with Gasteiger partial charge in [-0.05, 0) is 55.6 Å². The Bertz CT molecular complexity index is 902. The second-order valence-corrected chi connectivity index (χ2v) is 9.82. The molecule has 4 rings (SSSR count). The molecule has 0 aromatic heterocycles. The van der Waals surface area contributed by atoms with Crippen molar-refractivity contribution in [2.24, 2.45) is 11.3 Å². The summed E-state index contributed by atoms with van der Waals surface area (Å²) in [6.07, 6.45) is 2.19. The summed E-state index contributed by atoms with van der Waals surface area (Å²) in [6, 6.07) is 15.6. The zero-order valence-corrected chi connectivity index (χ0v) is 19.2. The van der Waals surface area contributed by atoms with Gasteiger partial charge < -0.3 is 15.0 Å². The zero-order valence-electron chi connectivity index (χ0n) is 18.4. The van der Waals surface area contributed by atoms with E-state index in [2.05, 4.69) is 42.3 Å². The lowest BCUT2D eigenvalue weighted by Gasteiger charge is -2.25. The average Bonchev–Trinajstić information content (AvgIpc) is 3.35. The Balaban J connectivity index is 1.33. The highest BCUT2D eigenvalue weighted by atomic mass is 35.5. The van der Waals surface area contributed by atoms with E-state index in [1.807, 2.05) is 23.1 Å². The van der Waals surface area contributed by atoms with Crippen molar-refractivity contribution in [1.82, 2.24) is 9.80 Å². The summed E-state index contributed by atoms with van der Waals surface area (Å²) >= 11 is 5.93. The van der Waals surface area contributed by atoms with E-state index < -0.39 is 0 Å². The van der Waals surface area contributed by atoms with Crippen LogP contribution >= 0.6 is 11.6 Å². The molecular formula is C25H32ClN3O2. The summed E-state index contributed by atoms with van der Waals surface area (Å²) in [7, 11) is 0. The third kappa shape index (κ3) is 5.52. The van der Waals surface area contributed by atoms with Gasteiger partial charge in [-0.2, -0.15) is 0 Å². The molecule has 2 aliphatic heterocycles. The summed E-state index contributed by atoms with van der Waals surface area (Å²) in [6.45, 7) is 9.67. The van der Waals surface area contributed by atoms with E-state index >= 15 is 0 Å². The monoisotopic (exact) mass is 441 g/mol. The van der Waals surface area contributed by atoms with Gasteiger partial charge >= 0.3 is 6.03 Å². The number of para-hydroxylation sites is 1. The van der Waals surface area contributed by atoms with Gasteiger partial charge in [-0.25, -0.2) is 4.79 Å². The smallest absolute Gasteiger partial charge is 0.321 e. The number of halogens is 1. The Morgan fingerprint density at radius 1 is 1.10 bits per heavy atom. The van der Waals surface area contributed by atoms with Gasteiger partial charge in [0.1, 0.15) is 5.75 Å². The van der Waals surface area contributed by atoms with Crippen LogP contribution in [0.4, 0.5) is 10.5 Å². The Kier molecular flexibility index (Phi) is 6.73. The fourth-order valence-electron chi connectivity index (χ4n) is 4.61. The molecule has 2 saturated heterocycles. The standard InChI is InChI=1S/C25H32ClN3O2/c1-19(2)16-31-23-6-4-3-5-20(23)15-28-13-11-25(17-28)12-14-29(18-25)24(30)27-22-9-7-21(26)8-10-22/h3-10,19H,11-18H2,1-2H3,(H,27,30). The molecule has 2 fully saturated rings. The lowest BCUT2D eigenvalue weighted by Crippen LogP contribution is -2.36. The van der Waals surface area contributed by atoms with E-state index in [0.29, 0.717) is 10.9 Å². The van der Waals surface area contributed by atoms with Crippen LogP contribution in [0.2, 0.25) is 5.02 Å². The van der Waals surface area contributed by atoms with E-state index in [1.165, 1.54) is 5.56 Å². The minimum atomic E-state index is -0.0231. The highest BCUT2D eigenvalue weighted by Crippen LogP contribution is 2.40. The molecule has 1 N–H and O–H groups in total. The molecule has 2 aromatic rings. The van der Waals surface area contributed by atoms with Gasteiger partial charge in [0.15, 0.2) is 0 Å². The van der Waals surface area contributed by atoms with E-state index in [-0.39, 0.29) is 11.4 Å². The van der Waals surface area contributed by atoms with E-state index in [9.17, 15) is 4.79 Å². The van der Waals surface area contributed by atoms with Gasteiger partial charge in [0.25, 0.3) is 0 Å². The first-order chi connectivity index (χ1) is 14.9. The molecule has 1 unspecified atom stereocenters. The quantitative estimate of drug-likeness (QED) is 0.643. The van der Waals surface area contributed by atoms with Crippen LogP contribution in [0.3, 0.4) is 0 Å². The number of hydrogen-bond donors (Lipinski definition) is 1. The van der Waals surface area contributed by atoms with Crippen molar-refractivity contribution < 1.29 is 9.53 Å². The minimum Gasteiger partial charge on any atom is -0.493 e. The van der Waals surface area contributed by atoms with E-state index in [0.717, 1.165) is 63.6 Å². The summed E-state index contributed by atoms with van der Waals surface area (Å²) in [4.78, 5) is 17.2. The Labute approximate surface area is 190 Å². The molecule has 0 bridgehead atoms. The van der Waals surface area contributed by atoms with E-state index in [1.54, 1.807) is 12.1 Å². The number of carbonyl (C=O) groups is 1. The summed E-state index contributed by atoms with van der Waals surface area (Å²) in [5.41, 5.74) is 2.22. The van der Waals surface area contributed by atoms with Crippen LogP contribution in [-0.4, -0.2) is 48.6 Å². The first-order valence-electron chi connectivity index (χ1n) is 11.2. The molecule has 2 heterocycles. The second-order valence-electron chi connectivity index (χ2n) is 9.38. The SMILES string of the molecule is CC(C)COc1ccccc1CN1CCC2(CCN(C(=O)Nc3ccc(Cl)cc3)C2)C1. The van der Waals surface area contributed by atoms with Crippen molar-refractivity contribution >= 4 is 23.3 Å². The van der Waals surface area contributed by atoms with Crippen molar-refractivity contribution in [3.8, 4) is 5.75 Å². The predicted octanol–water partition coefficient (Wildman–Crippen LogP) is 5.50. The molecule has 1 spiro atoms. The molecule has 2 aliphatic rings. The second kappa shape index (κ2) is 9.49. The van der Waals surface area contributed by atoms with Crippen molar-refractivity contribution in [3.05, 3.63) is 59.1 Å². The van der Waals surface area contributed by atoms with Gasteiger partial charge in [0.05, 0.1) is 6.61 Å². The third-order valence-corrected chi connectivity index (χ3v) is 6.53. The van der Waals surface area contributed by atoms with Crippen molar-refractivity contribution in [3.63, 3.8) is 0 Å². The number of rotatable bonds is 6. The molecule has 0 aliphatic carbocycles. The normalized spacial score (nSPS) is 21.2. The largest absolute Gasteiger partial charge is 0.493 e.